The van der Waals surface area contributed by atoms with E-state index >= 15 is 0 Å². The average molecular weight is 429 g/mol. The Hall–Kier alpha value is -2.13. The SMILES string of the molecule is CC(SCCCCN1C(=O)NC[C@@H]1C=CC(O)C(F)(F)c1ccccc1)C(=O)O. The zero-order valence-electron chi connectivity index (χ0n) is 16.1. The second kappa shape index (κ2) is 10.6. The van der Waals surface area contributed by atoms with Gasteiger partial charge in [-0.05, 0) is 25.5 Å². The highest BCUT2D eigenvalue weighted by molar-refractivity contribution is 8.00. The number of carboxylic acid groups (broad SMARTS) is 1. The van der Waals surface area contributed by atoms with Gasteiger partial charge in [-0.25, -0.2) is 4.79 Å². The van der Waals surface area contributed by atoms with E-state index in [1.165, 1.54) is 47.0 Å². The van der Waals surface area contributed by atoms with Crippen molar-refractivity contribution in [1.82, 2.24) is 10.2 Å². The lowest BCUT2D eigenvalue weighted by Gasteiger charge is -2.23. The number of thioether (sulfide) groups is 1. The molecular weight excluding hydrogens is 402 g/mol. The number of rotatable bonds is 11. The van der Waals surface area contributed by atoms with Crippen LogP contribution in [0.5, 0.6) is 0 Å². The minimum absolute atomic E-state index is 0.275. The summed E-state index contributed by atoms with van der Waals surface area (Å²) >= 11 is 1.33. The Kier molecular flexibility index (Phi) is 8.45. The molecule has 1 aliphatic rings. The van der Waals surface area contributed by atoms with E-state index in [0.29, 0.717) is 18.7 Å². The molecule has 1 aliphatic heterocycles. The van der Waals surface area contributed by atoms with Gasteiger partial charge in [0.1, 0.15) is 6.10 Å². The number of aliphatic hydroxyl groups is 1. The van der Waals surface area contributed by atoms with Crippen LogP contribution >= 0.6 is 11.8 Å². The lowest BCUT2D eigenvalue weighted by Crippen LogP contribution is -2.35. The fourth-order valence-electron chi connectivity index (χ4n) is 2.89. The summed E-state index contributed by atoms with van der Waals surface area (Å²) in [5.41, 5.74) is -0.275. The van der Waals surface area contributed by atoms with Gasteiger partial charge in [-0.15, -0.1) is 11.8 Å². The minimum Gasteiger partial charge on any atom is -0.480 e. The Morgan fingerprint density at radius 3 is 2.72 bits per heavy atom. The van der Waals surface area contributed by atoms with Gasteiger partial charge in [0.2, 0.25) is 0 Å². The van der Waals surface area contributed by atoms with Crippen LogP contribution in [0, 0.1) is 0 Å². The molecule has 1 heterocycles. The normalized spacial score (nSPS) is 19.4. The van der Waals surface area contributed by atoms with E-state index in [0.717, 1.165) is 12.5 Å². The van der Waals surface area contributed by atoms with Crippen molar-refractivity contribution < 1.29 is 28.6 Å². The van der Waals surface area contributed by atoms with E-state index in [1.807, 2.05) is 0 Å². The first kappa shape index (κ1) is 23.2. The topological polar surface area (TPSA) is 89.9 Å². The molecule has 2 amide bonds. The highest BCUT2D eigenvalue weighted by Gasteiger charge is 2.39. The van der Waals surface area contributed by atoms with E-state index in [2.05, 4.69) is 5.32 Å². The third-order valence-electron chi connectivity index (χ3n) is 4.68. The summed E-state index contributed by atoms with van der Waals surface area (Å²) in [7, 11) is 0. The smallest absolute Gasteiger partial charge is 0.318 e. The summed E-state index contributed by atoms with van der Waals surface area (Å²) in [5, 5.41) is 21.0. The first-order chi connectivity index (χ1) is 13.7. The fraction of sp³-hybridized carbons (Fsp3) is 0.500. The summed E-state index contributed by atoms with van der Waals surface area (Å²) in [4.78, 5) is 24.3. The molecule has 29 heavy (non-hydrogen) atoms. The number of urea groups is 1. The van der Waals surface area contributed by atoms with E-state index in [4.69, 9.17) is 5.11 Å². The predicted octanol–water partition coefficient (Wildman–Crippen LogP) is 3.08. The number of nitrogens with zero attached hydrogens (tertiary/aromatic N) is 1. The van der Waals surface area contributed by atoms with Gasteiger partial charge < -0.3 is 20.4 Å². The van der Waals surface area contributed by atoms with E-state index in [9.17, 15) is 23.5 Å². The molecule has 0 aromatic heterocycles. The van der Waals surface area contributed by atoms with Crippen LogP contribution in [0.1, 0.15) is 25.3 Å². The maximum Gasteiger partial charge on any atom is 0.318 e. The molecule has 9 heteroatoms. The maximum absolute atomic E-state index is 14.4. The first-order valence-electron chi connectivity index (χ1n) is 9.42. The Morgan fingerprint density at radius 2 is 2.07 bits per heavy atom. The van der Waals surface area contributed by atoms with E-state index in [1.54, 1.807) is 13.0 Å². The molecule has 0 aliphatic carbocycles. The first-order valence-corrected chi connectivity index (χ1v) is 10.5. The van der Waals surface area contributed by atoms with Crippen LogP contribution < -0.4 is 5.32 Å². The van der Waals surface area contributed by atoms with Gasteiger partial charge in [0.15, 0.2) is 0 Å². The predicted molar refractivity (Wildman–Crippen MR) is 108 cm³/mol. The van der Waals surface area contributed by atoms with Crippen LogP contribution in [-0.4, -0.2) is 63.4 Å². The van der Waals surface area contributed by atoms with Crippen molar-refractivity contribution in [3.63, 3.8) is 0 Å². The number of carbonyl (C=O) groups is 2. The molecule has 0 bridgehead atoms. The molecule has 3 atom stereocenters. The van der Waals surface area contributed by atoms with Crippen LogP contribution in [0.4, 0.5) is 13.6 Å². The van der Waals surface area contributed by atoms with Gasteiger partial charge in [-0.3, -0.25) is 4.79 Å². The van der Waals surface area contributed by atoms with Crippen molar-refractivity contribution in [1.29, 1.82) is 0 Å². The number of hydrogen-bond donors (Lipinski definition) is 3. The zero-order valence-corrected chi connectivity index (χ0v) is 16.9. The second-order valence-electron chi connectivity index (χ2n) is 6.82. The number of amides is 2. The highest BCUT2D eigenvalue weighted by atomic mass is 32.2. The monoisotopic (exact) mass is 428 g/mol. The summed E-state index contributed by atoms with van der Waals surface area (Å²) in [6, 6.07) is 6.40. The Bertz CT molecular complexity index is 718. The average Bonchev–Trinajstić information content (AvgIpc) is 3.05. The van der Waals surface area contributed by atoms with Crippen molar-refractivity contribution in [3.8, 4) is 0 Å². The summed E-state index contributed by atoms with van der Waals surface area (Å²) < 4.78 is 28.7. The number of carbonyl (C=O) groups excluding carboxylic acids is 1. The van der Waals surface area contributed by atoms with E-state index < -0.39 is 29.3 Å². The van der Waals surface area contributed by atoms with Crippen LogP contribution in [0.3, 0.4) is 0 Å². The summed E-state index contributed by atoms with van der Waals surface area (Å²) in [6.45, 7) is 2.33. The van der Waals surface area contributed by atoms with Crippen molar-refractivity contribution in [2.75, 3.05) is 18.8 Å². The van der Waals surface area contributed by atoms with Crippen LogP contribution in [-0.2, 0) is 10.7 Å². The molecule has 1 aromatic rings. The molecule has 6 nitrogen and oxygen atoms in total. The number of carboxylic acids is 1. The largest absolute Gasteiger partial charge is 0.480 e. The molecule has 3 N–H and O–H groups in total. The van der Waals surface area contributed by atoms with Gasteiger partial charge in [0, 0.05) is 18.7 Å². The molecule has 0 radical (unpaired) electrons. The molecule has 1 aromatic carbocycles. The molecular formula is C20H26F2N2O4S. The van der Waals surface area contributed by atoms with Gasteiger partial charge >= 0.3 is 17.9 Å². The number of benzene rings is 1. The van der Waals surface area contributed by atoms with Gasteiger partial charge in [-0.1, -0.05) is 42.5 Å². The molecule has 160 valence electrons. The highest BCUT2D eigenvalue weighted by Crippen LogP contribution is 2.32. The number of hydrogen-bond acceptors (Lipinski definition) is 4. The fourth-order valence-corrected chi connectivity index (χ4v) is 3.76. The quantitative estimate of drug-likeness (QED) is 0.372. The lowest BCUT2D eigenvalue weighted by molar-refractivity contribution is -0.136. The standard InChI is InChI=1S/C20H26F2N2O4S/c1-14(18(26)27)29-12-6-5-11-24-16(13-23-19(24)28)9-10-17(25)20(21,22)15-7-3-2-4-8-15/h2-4,7-10,14,16-17,25H,5-6,11-13H2,1H3,(H,23,28)(H,26,27)/t14?,16-,17?/m0/s1. The van der Waals surface area contributed by atoms with Crippen LogP contribution in [0.25, 0.3) is 0 Å². The second-order valence-corrected chi connectivity index (χ2v) is 8.27. The lowest BCUT2D eigenvalue weighted by atomic mass is 10.0. The molecule has 0 spiro atoms. The number of aliphatic carboxylic acids is 1. The number of halogens is 2. The molecule has 1 fully saturated rings. The van der Waals surface area contributed by atoms with Crippen LogP contribution in [0.2, 0.25) is 0 Å². The molecule has 0 saturated carbocycles. The number of unbranched alkanes of at least 4 members (excludes halogenated alkanes) is 1. The van der Waals surface area contributed by atoms with Crippen LogP contribution in [0.15, 0.2) is 42.5 Å². The Balaban J connectivity index is 1.87. The number of alkyl halides is 2. The summed E-state index contributed by atoms with van der Waals surface area (Å²) in [6.07, 6.45) is 1.86. The van der Waals surface area contributed by atoms with Gasteiger partial charge in [0.05, 0.1) is 11.3 Å². The van der Waals surface area contributed by atoms with E-state index in [-0.39, 0.29) is 18.1 Å². The van der Waals surface area contributed by atoms with Gasteiger partial charge in [0.25, 0.3) is 0 Å². The Labute approximate surface area is 173 Å². The minimum atomic E-state index is -3.43. The summed E-state index contributed by atoms with van der Waals surface area (Å²) in [5.74, 6) is -3.63. The van der Waals surface area contributed by atoms with Crippen molar-refractivity contribution >= 4 is 23.8 Å². The third-order valence-corrected chi connectivity index (χ3v) is 5.90. The van der Waals surface area contributed by atoms with Gasteiger partial charge in [-0.2, -0.15) is 8.78 Å². The third kappa shape index (κ3) is 6.43. The Morgan fingerprint density at radius 1 is 1.38 bits per heavy atom. The number of nitrogens with one attached hydrogen (secondary N) is 1. The van der Waals surface area contributed by atoms with Crippen molar-refractivity contribution in [3.05, 3.63) is 48.0 Å². The van der Waals surface area contributed by atoms with Crippen molar-refractivity contribution in [2.24, 2.45) is 0 Å². The zero-order chi connectivity index (χ0) is 21.4. The van der Waals surface area contributed by atoms with Crippen molar-refractivity contribution in [2.45, 2.75) is 43.1 Å². The molecule has 2 unspecified atom stereocenters. The maximum atomic E-state index is 14.4. The number of aliphatic hydroxyl groups excluding tert-OH is 1. The molecule has 1 saturated heterocycles. The molecule has 2 rings (SSSR count).